The van der Waals surface area contributed by atoms with Crippen molar-refractivity contribution >= 4 is 5.91 Å². The van der Waals surface area contributed by atoms with E-state index in [0.717, 1.165) is 25.3 Å². The van der Waals surface area contributed by atoms with Crippen LogP contribution in [0.5, 0.6) is 0 Å². The maximum absolute atomic E-state index is 12.1. The quantitative estimate of drug-likeness (QED) is 0.669. The Labute approximate surface area is 91.8 Å². The van der Waals surface area contributed by atoms with Gasteiger partial charge in [0, 0.05) is 25.6 Å². The Morgan fingerprint density at radius 2 is 2.07 bits per heavy atom. The molecule has 0 radical (unpaired) electrons. The number of ether oxygens (including phenoxy) is 1. The second kappa shape index (κ2) is 4.52. The molecule has 15 heavy (non-hydrogen) atoms. The van der Waals surface area contributed by atoms with E-state index >= 15 is 0 Å². The highest BCUT2D eigenvalue weighted by Crippen LogP contribution is 2.38. The SMILES string of the molecule is COCCN(C(=O)C1CC1)C(C)C1CC1. The molecule has 1 amide bonds. The zero-order valence-electron chi connectivity index (χ0n) is 9.74. The lowest BCUT2D eigenvalue weighted by molar-refractivity contribution is -0.135. The van der Waals surface area contributed by atoms with Crippen LogP contribution in [0.4, 0.5) is 0 Å². The fourth-order valence-corrected chi connectivity index (χ4v) is 2.10. The van der Waals surface area contributed by atoms with Crippen LogP contribution in [0.25, 0.3) is 0 Å². The van der Waals surface area contributed by atoms with Gasteiger partial charge in [0.05, 0.1) is 6.61 Å². The van der Waals surface area contributed by atoms with E-state index in [9.17, 15) is 4.79 Å². The molecular formula is C12H21NO2. The molecule has 2 fully saturated rings. The smallest absolute Gasteiger partial charge is 0.226 e. The van der Waals surface area contributed by atoms with Crippen molar-refractivity contribution in [2.45, 2.75) is 38.6 Å². The minimum atomic E-state index is 0.336. The molecule has 0 aliphatic heterocycles. The van der Waals surface area contributed by atoms with Gasteiger partial charge in [0.25, 0.3) is 0 Å². The molecule has 0 heterocycles. The van der Waals surface area contributed by atoms with Crippen molar-refractivity contribution in [1.82, 2.24) is 4.90 Å². The zero-order chi connectivity index (χ0) is 10.8. The lowest BCUT2D eigenvalue weighted by atomic mass is 10.1. The topological polar surface area (TPSA) is 29.5 Å². The van der Waals surface area contributed by atoms with Gasteiger partial charge in [-0.15, -0.1) is 0 Å². The van der Waals surface area contributed by atoms with Crippen LogP contribution in [0.1, 0.15) is 32.6 Å². The van der Waals surface area contributed by atoms with Crippen LogP contribution in [0, 0.1) is 11.8 Å². The van der Waals surface area contributed by atoms with E-state index in [1.807, 2.05) is 0 Å². The summed E-state index contributed by atoms with van der Waals surface area (Å²) < 4.78 is 5.08. The zero-order valence-corrected chi connectivity index (χ0v) is 9.74. The van der Waals surface area contributed by atoms with E-state index in [1.165, 1.54) is 12.8 Å². The summed E-state index contributed by atoms with van der Waals surface area (Å²) in [6.45, 7) is 3.62. The first-order chi connectivity index (χ1) is 7.24. The van der Waals surface area contributed by atoms with Crippen LogP contribution in [-0.2, 0) is 9.53 Å². The summed E-state index contributed by atoms with van der Waals surface area (Å²) in [7, 11) is 1.70. The number of nitrogens with zero attached hydrogens (tertiary/aromatic N) is 1. The van der Waals surface area contributed by atoms with E-state index in [4.69, 9.17) is 4.74 Å². The summed E-state index contributed by atoms with van der Waals surface area (Å²) in [5.41, 5.74) is 0. The van der Waals surface area contributed by atoms with Gasteiger partial charge in [0.15, 0.2) is 0 Å². The number of amides is 1. The molecule has 3 heteroatoms. The van der Waals surface area contributed by atoms with Gasteiger partial charge in [-0.05, 0) is 38.5 Å². The molecule has 3 nitrogen and oxygen atoms in total. The fraction of sp³-hybridized carbons (Fsp3) is 0.917. The summed E-state index contributed by atoms with van der Waals surface area (Å²) in [5, 5.41) is 0. The van der Waals surface area contributed by atoms with Gasteiger partial charge in [-0.3, -0.25) is 4.79 Å². The highest BCUT2D eigenvalue weighted by molar-refractivity contribution is 5.81. The highest BCUT2D eigenvalue weighted by atomic mass is 16.5. The first kappa shape index (κ1) is 10.9. The Kier molecular flexibility index (Phi) is 3.29. The number of rotatable bonds is 6. The maximum Gasteiger partial charge on any atom is 0.226 e. The normalized spacial score (nSPS) is 22.5. The minimum absolute atomic E-state index is 0.336. The molecule has 86 valence electrons. The van der Waals surface area contributed by atoms with Crippen LogP contribution < -0.4 is 0 Å². The highest BCUT2D eigenvalue weighted by Gasteiger charge is 2.39. The van der Waals surface area contributed by atoms with E-state index in [-0.39, 0.29) is 0 Å². The second-order valence-corrected chi connectivity index (χ2v) is 4.88. The van der Waals surface area contributed by atoms with Crippen LogP contribution in [-0.4, -0.2) is 37.1 Å². The van der Waals surface area contributed by atoms with Gasteiger partial charge in [-0.25, -0.2) is 0 Å². The minimum Gasteiger partial charge on any atom is -0.383 e. The third kappa shape index (κ3) is 2.71. The van der Waals surface area contributed by atoms with Crippen molar-refractivity contribution < 1.29 is 9.53 Å². The molecule has 2 aliphatic carbocycles. The van der Waals surface area contributed by atoms with Crippen LogP contribution in [0.15, 0.2) is 0 Å². The fourth-order valence-electron chi connectivity index (χ4n) is 2.10. The second-order valence-electron chi connectivity index (χ2n) is 4.88. The average Bonchev–Trinajstić information content (AvgIpc) is 3.05. The molecule has 1 unspecified atom stereocenters. The molecule has 0 bridgehead atoms. The predicted octanol–water partition coefficient (Wildman–Crippen LogP) is 1.67. The third-order valence-electron chi connectivity index (χ3n) is 3.54. The Morgan fingerprint density at radius 3 is 2.53 bits per heavy atom. The van der Waals surface area contributed by atoms with Crippen LogP contribution in [0.3, 0.4) is 0 Å². The standard InChI is InChI=1S/C12H21NO2/c1-9(10-3-4-10)13(7-8-15-2)12(14)11-5-6-11/h9-11H,3-8H2,1-2H3. The first-order valence-corrected chi connectivity index (χ1v) is 6.03. The van der Waals surface area contributed by atoms with Gasteiger partial charge < -0.3 is 9.64 Å². The van der Waals surface area contributed by atoms with E-state index in [1.54, 1.807) is 7.11 Å². The van der Waals surface area contributed by atoms with Gasteiger partial charge in [-0.1, -0.05) is 0 Å². The number of carbonyl (C=O) groups excluding carboxylic acids is 1. The van der Waals surface area contributed by atoms with E-state index < -0.39 is 0 Å². The van der Waals surface area contributed by atoms with Crippen molar-refractivity contribution in [3.63, 3.8) is 0 Å². The molecule has 2 saturated carbocycles. The molecule has 2 rings (SSSR count). The summed E-state index contributed by atoms with van der Waals surface area (Å²) in [6.07, 6.45) is 4.78. The molecule has 0 aromatic heterocycles. The monoisotopic (exact) mass is 211 g/mol. The molecule has 2 aliphatic rings. The Hall–Kier alpha value is -0.570. The number of methoxy groups -OCH3 is 1. The Balaban J connectivity index is 1.90. The van der Waals surface area contributed by atoms with Crippen molar-refractivity contribution in [3.05, 3.63) is 0 Å². The average molecular weight is 211 g/mol. The van der Waals surface area contributed by atoms with E-state index in [2.05, 4.69) is 11.8 Å². The van der Waals surface area contributed by atoms with Crippen molar-refractivity contribution in [3.8, 4) is 0 Å². The molecule has 1 atom stereocenters. The lowest BCUT2D eigenvalue weighted by Crippen LogP contribution is -2.42. The number of hydrogen-bond acceptors (Lipinski definition) is 2. The predicted molar refractivity (Wildman–Crippen MR) is 58.5 cm³/mol. The third-order valence-corrected chi connectivity index (χ3v) is 3.54. The summed E-state index contributed by atoms with van der Waals surface area (Å²) in [4.78, 5) is 14.1. The molecule has 0 saturated heterocycles. The van der Waals surface area contributed by atoms with Gasteiger partial charge in [0.1, 0.15) is 0 Å². The van der Waals surface area contributed by atoms with Gasteiger partial charge >= 0.3 is 0 Å². The van der Waals surface area contributed by atoms with Crippen molar-refractivity contribution in [2.75, 3.05) is 20.3 Å². The number of carbonyl (C=O) groups is 1. The van der Waals surface area contributed by atoms with Gasteiger partial charge in [-0.2, -0.15) is 0 Å². The lowest BCUT2D eigenvalue weighted by Gasteiger charge is -2.29. The summed E-state index contributed by atoms with van der Waals surface area (Å²) >= 11 is 0. The van der Waals surface area contributed by atoms with E-state index in [0.29, 0.717) is 24.5 Å². The van der Waals surface area contributed by atoms with Crippen LogP contribution >= 0.6 is 0 Å². The molecular weight excluding hydrogens is 190 g/mol. The first-order valence-electron chi connectivity index (χ1n) is 6.03. The molecule has 0 spiro atoms. The molecule has 0 N–H and O–H groups in total. The summed E-state index contributed by atoms with van der Waals surface area (Å²) in [6, 6.07) is 0.424. The maximum atomic E-state index is 12.1. The van der Waals surface area contributed by atoms with Crippen molar-refractivity contribution in [1.29, 1.82) is 0 Å². The Morgan fingerprint density at radius 1 is 1.40 bits per heavy atom. The summed E-state index contributed by atoms with van der Waals surface area (Å²) in [5.74, 6) is 1.46. The van der Waals surface area contributed by atoms with Gasteiger partial charge in [0.2, 0.25) is 5.91 Å². The van der Waals surface area contributed by atoms with Crippen LogP contribution in [0.2, 0.25) is 0 Å². The largest absolute Gasteiger partial charge is 0.383 e. The Bertz CT molecular complexity index is 234. The number of hydrogen-bond donors (Lipinski definition) is 0. The molecule has 0 aromatic rings. The molecule has 0 aromatic carbocycles. The van der Waals surface area contributed by atoms with Crippen molar-refractivity contribution in [2.24, 2.45) is 11.8 Å².